The average molecular weight is 488 g/mol. The Bertz CT molecular complexity index is 765. The fourth-order valence-corrected chi connectivity index (χ4v) is 3.75. The molecule has 9 heteroatoms. The van der Waals surface area contributed by atoms with Gasteiger partial charge in [0.25, 0.3) is 5.92 Å². The molecule has 0 aliphatic heterocycles. The fraction of sp³-hybridized carbons (Fsp3) is 0.579. The Hall–Kier alpha value is -0.770. The SMILES string of the molecule is C=CCOC(C)(C)C(F)(F)[C@](C)(N[S@](=O)C(C)(C)C)c1cc(Br)c(F)cc1F. The van der Waals surface area contributed by atoms with Crippen molar-refractivity contribution in [3.8, 4) is 0 Å². The molecular weight excluding hydrogens is 462 g/mol. The average Bonchev–Trinajstić information content (AvgIpc) is 2.54. The van der Waals surface area contributed by atoms with Crippen LogP contribution in [0.4, 0.5) is 17.6 Å². The van der Waals surface area contributed by atoms with Crippen LogP contribution in [-0.2, 0) is 21.3 Å². The quantitative estimate of drug-likeness (QED) is 0.294. The van der Waals surface area contributed by atoms with E-state index in [9.17, 15) is 13.0 Å². The molecule has 0 aliphatic carbocycles. The van der Waals surface area contributed by atoms with Gasteiger partial charge in [0.2, 0.25) is 0 Å². The molecule has 160 valence electrons. The zero-order chi connectivity index (χ0) is 22.1. The van der Waals surface area contributed by atoms with E-state index >= 15 is 8.78 Å². The Morgan fingerprint density at radius 1 is 1.14 bits per heavy atom. The largest absolute Gasteiger partial charge is 0.365 e. The van der Waals surface area contributed by atoms with Crippen LogP contribution in [-0.4, -0.2) is 27.1 Å². The lowest BCUT2D eigenvalue weighted by Crippen LogP contribution is -2.65. The maximum Gasteiger partial charge on any atom is 0.298 e. The third-order valence-corrected chi connectivity index (χ3v) is 6.66. The molecule has 0 radical (unpaired) electrons. The molecule has 0 saturated carbocycles. The second kappa shape index (κ2) is 8.53. The molecule has 0 unspecified atom stereocenters. The van der Waals surface area contributed by atoms with Gasteiger partial charge in [-0.1, -0.05) is 6.08 Å². The van der Waals surface area contributed by atoms with Gasteiger partial charge < -0.3 is 4.74 Å². The topological polar surface area (TPSA) is 38.3 Å². The van der Waals surface area contributed by atoms with Gasteiger partial charge in [-0.15, -0.1) is 6.58 Å². The number of ether oxygens (including phenoxy) is 1. The van der Waals surface area contributed by atoms with Crippen molar-refractivity contribution in [2.45, 2.75) is 63.4 Å². The second-order valence-corrected chi connectivity index (χ2v) is 10.9. The van der Waals surface area contributed by atoms with Gasteiger partial charge in [-0.25, -0.2) is 26.5 Å². The molecule has 0 heterocycles. The highest BCUT2D eigenvalue weighted by molar-refractivity contribution is 9.10. The smallest absolute Gasteiger partial charge is 0.298 e. The molecule has 3 nitrogen and oxygen atoms in total. The Morgan fingerprint density at radius 2 is 1.68 bits per heavy atom. The van der Waals surface area contributed by atoms with Crippen LogP contribution in [0.1, 0.15) is 47.1 Å². The van der Waals surface area contributed by atoms with Crippen LogP contribution in [0, 0.1) is 11.6 Å². The highest BCUT2D eigenvalue weighted by atomic mass is 79.9. The zero-order valence-corrected chi connectivity index (χ0v) is 19.2. The van der Waals surface area contributed by atoms with Gasteiger partial charge in [0, 0.05) is 11.6 Å². The van der Waals surface area contributed by atoms with E-state index in [1.807, 2.05) is 0 Å². The summed E-state index contributed by atoms with van der Waals surface area (Å²) < 4.78 is 79.2. The van der Waals surface area contributed by atoms with Crippen LogP contribution in [0.3, 0.4) is 0 Å². The van der Waals surface area contributed by atoms with Crippen molar-refractivity contribution in [1.82, 2.24) is 4.72 Å². The zero-order valence-electron chi connectivity index (χ0n) is 16.8. The summed E-state index contributed by atoms with van der Waals surface area (Å²) in [6.45, 7) is 11.4. The normalized spacial score (nSPS) is 16.5. The Labute approximate surface area is 174 Å². The first-order valence-electron chi connectivity index (χ1n) is 8.48. The Kier molecular flexibility index (Phi) is 7.70. The molecule has 0 aromatic heterocycles. The predicted octanol–water partition coefficient (Wildman–Crippen LogP) is 5.61. The summed E-state index contributed by atoms with van der Waals surface area (Å²) in [7, 11) is -2.00. The fourth-order valence-electron chi connectivity index (χ4n) is 2.49. The summed E-state index contributed by atoms with van der Waals surface area (Å²) in [5, 5.41) is 0. The van der Waals surface area contributed by atoms with Gasteiger partial charge in [0.1, 0.15) is 22.8 Å². The molecule has 28 heavy (non-hydrogen) atoms. The summed E-state index contributed by atoms with van der Waals surface area (Å²) in [5.74, 6) is -5.91. The van der Waals surface area contributed by atoms with Gasteiger partial charge in [-0.2, -0.15) is 0 Å². The van der Waals surface area contributed by atoms with E-state index in [0.717, 1.165) is 26.8 Å². The van der Waals surface area contributed by atoms with E-state index in [0.29, 0.717) is 6.07 Å². The number of benzene rings is 1. The van der Waals surface area contributed by atoms with E-state index < -0.39 is 50.0 Å². The monoisotopic (exact) mass is 487 g/mol. The third kappa shape index (κ3) is 4.86. The van der Waals surface area contributed by atoms with E-state index in [2.05, 4.69) is 27.2 Å². The van der Waals surface area contributed by atoms with Crippen LogP contribution in [0.25, 0.3) is 0 Å². The van der Waals surface area contributed by atoms with Gasteiger partial charge in [0.15, 0.2) is 0 Å². The van der Waals surface area contributed by atoms with Gasteiger partial charge in [0.05, 0.1) is 26.8 Å². The number of hydrogen-bond acceptors (Lipinski definition) is 2. The van der Waals surface area contributed by atoms with E-state index in [1.165, 1.54) is 6.08 Å². The minimum absolute atomic E-state index is 0.170. The number of rotatable bonds is 8. The van der Waals surface area contributed by atoms with Gasteiger partial charge in [-0.3, -0.25) is 0 Å². The first kappa shape index (κ1) is 25.3. The molecule has 0 aliphatic rings. The first-order valence-corrected chi connectivity index (χ1v) is 10.4. The number of alkyl halides is 2. The highest BCUT2D eigenvalue weighted by Gasteiger charge is 2.63. The number of hydrogen-bond donors (Lipinski definition) is 1. The van der Waals surface area contributed by atoms with Crippen LogP contribution in [0.15, 0.2) is 29.3 Å². The Balaban J connectivity index is 3.72. The standard InChI is InChI=1S/C19H26BrF4NO2S/c1-8-9-27-17(5,6)19(23,24)18(7,25-28(26)16(2,3)4)12-10-13(20)15(22)11-14(12)21/h8,10-11,25H,1,9H2,2-7H3/t18-,28-/m1/s1. The van der Waals surface area contributed by atoms with Crippen molar-refractivity contribution in [1.29, 1.82) is 0 Å². The van der Waals surface area contributed by atoms with Crippen LogP contribution < -0.4 is 4.72 Å². The molecular formula is C19H26BrF4NO2S. The van der Waals surface area contributed by atoms with Crippen molar-refractivity contribution in [3.63, 3.8) is 0 Å². The molecule has 0 spiro atoms. The molecule has 0 fully saturated rings. The number of nitrogens with one attached hydrogen (secondary N) is 1. The van der Waals surface area contributed by atoms with Crippen molar-refractivity contribution in [2.24, 2.45) is 0 Å². The molecule has 0 bridgehead atoms. The van der Waals surface area contributed by atoms with E-state index in [4.69, 9.17) is 4.74 Å². The summed E-state index contributed by atoms with van der Waals surface area (Å²) in [5.41, 5.74) is -5.13. The van der Waals surface area contributed by atoms with Crippen molar-refractivity contribution < 1.29 is 26.5 Å². The summed E-state index contributed by atoms with van der Waals surface area (Å²) in [6.07, 6.45) is 1.31. The maximum absolute atomic E-state index is 15.8. The third-order valence-electron chi connectivity index (χ3n) is 4.35. The van der Waals surface area contributed by atoms with Crippen LogP contribution in [0.5, 0.6) is 0 Å². The lowest BCUT2D eigenvalue weighted by Gasteiger charge is -2.46. The Morgan fingerprint density at radius 3 is 2.14 bits per heavy atom. The van der Waals surface area contributed by atoms with E-state index in [-0.39, 0.29) is 11.1 Å². The molecule has 1 rings (SSSR count). The maximum atomic E-state index is 15.8. The molecule has 1 aromatic carbocycles. The molecule has 2 atom stereocenters. The highest BCUT2D eigenvalue weighted by Crippen LogP contribution is 2.48. The number of halogens is 5. The van der Waals surface area contributed by atoms with Crippen LogP contribution >= 0.6 is 15.9 Å². The van der Waals surface area contributed by atoms with Gasteiger partial charge in [-0.05, 0) is 63.5 Å². The summed E-state index contributed by atoms with van der Waals surface area (Å²) in [4.78, 5) is 0. The van der Waals surface area contributed by atoms with Gasteiger partial charge >= 0.3 is 0 Å². The first-order chi connectivity index (χ1) is 12.5. The molecule has 1 N–H and O–H groups in total. The molecule has 0 saturated heterocycles. The van der Waals surface area contributed by atoms with Crippen molar-refractivity contribution >= 4 is 26.9 Å². The van der Waals surface area contributed by atoms with E-state index in [1.54, 1.807) is 20.8 Å². The predicted molar refractivity (Wildman–Crippen MR) is 108 cm³/mol. The lowest BCUT2D eigenvalue weighted by molar-refractivity contribution is -0.224. The lowest BCUT2D eigenvalue weighted by atomic mass is 9.78. The van der Waals surface area contributed by atoms with Crippen molar-refractivity contribution in [3.05, 3.63) is 46.5 Å². The second-order valence-electron chi connectivity index (χ2n) is 8.04. The minimum atomic E-state index is -3.78. The minimum Gasteiger partial charge on any atom is -0.365 e. The summed E-state index contributed by atoms with van der Waals surface area (Å²) >= 11 is 2.90. The summed E-state index contributed by atoms with van der Waals surface area (Å²) in [6, 6.07) is 1.43. The molecule has 1 aromatic rings. The van der Waals surface area contributed by atoms with Crippen LogP contribution in [0.2, 0.25) is 0 Å². The van der Waals surface area contributed by atoms with Crippen molar-refractivity contribution in [2.75, 3.05) is 6.61 Å². The molecule has 0 amide bonds.